The highest BCUT2D eigenvalue weighted by atomic mass is 16.5. The number of aromatic nitrogens is 2. The Balaban J connectivity index is 1.96. The van der Waals surface area contributed by atoms with Gasteiger partial charge in [-0.15, -0.1) is 0 Å². The fraction of sp³-hybridized carbons (Fsp3) is 0.714. The maximum absolute atomic E-state index is 5.18. The molecule has 0 amide bonds. The van der Waals surface area contributed by atoms with Crippen molar-refractivity contribution in [2.24, 2.45) is 5.41 Å². The van der Waals surface area contributed by atoms with Crippen molar-refractivity contribution in [3.05, 3.63) is 11.9 Å². The molecule has 0 atom stereocenters. The average Bonchev–Trinajstić information content (AvgIpc) is 3.24. The van der Waals surface area contributed by atoms with Crippen LogP contribution in [-0.4, -0.2) is 44.4 Å². The molecule has 1 aromatic rings. The number of nitrogens with zero attached hydrogens (tertiary/aromatic N) is 2. The summed E-state index contributed by atoms with van der Waals surface area (Å²) in [7, 11) is 5.25. The molecule has 1 aliphatic rings. The van der Waals surface area contributed by atoms with E-state index >= 15 is 0 Å². The Morgan fingerprint density at radius 2 is 1.95 bits per heavy atom. The zero-order valence-electron chi connectivity index (χ0n) is 12.5. The summed E-state index contributed by atoms with van der Waals surface area (Å²) in [4.78, 5) is 8.81. The Bertz CT molecular complexity index is 435. The van der Waals surface area contributed by atoms with Gasteiger partial charge in [0.15, 0.2) is 5.82 Å². The molecule has 6 heteroatoms. The van der Waals surface area contributed by atoms with Crippen LogP contribution >= 0.6 is 0 Å². The highest BCUT2D eigenvalue weighted by molar-refractivity contribution is 5.47. The van der Waals surface area contributed by atoms with Crippen LogP contribution in [0.15, 0.2) is 6.07 Å². The van der Waals surface area contributed by atoms with Crippen molar-refractivity contribution in [2.75, 3.05) is 45.1 Å². The summed E-state index contributed by atoms with van der Waals surface area (Å²) >= 11 is 0. The van der Waals surface area contributed by atoms with Gasteiger partial charge in [0.1, 0.15) is 18.2 Å². The van der Waals surface area contributed by atoms with Gasteiger partial charge < -0.3 is 20.1 Å². The van der Waals surface area contributed by atoms with E-state index in [2.05, 4.69) is 20.6 Å². The number of methoxy groups -OCH3 is 2. The third-order valence-electron chi connectivity index (χ3n) is 3.74. The van der Waals surface area contributed by atoms with Gasteiger partial charge in [-0.05, 0) is 24.7 Å². The van der Waals surface area contributed by atoms with Gasteiger partial charge in [-0.25, -0.2) is 9.97 Å². The first-order valence-corrected chi connectivity index (χ1v) is 6.99. The summed E-state index contributed by atoms with van der Waals surface area (Å²) in [5.74, 6) is 2.33. The summed E-state index contributed by atoms with van der Waals surface area (Å²) in [6, 6.07) is 1.92. The minimum absolute atomic E-state index is 0.391. The maximum Gasteiger partial charge on any atom is 0.158 e. The van der Waals surface area contributed by atoms with E-state index in [0.29, 0.717) is 17.8 Å². The first-order valence-electron chi connectivity index (χ1n) is 6.99. The van der Waals surface area contributed by atoms with Gasteiger partial charge in [-0.3, -0.25) is 0 Å². The topological polar surface area (TPSA) is 68.3 Å². The first-order chi connectivity index (χ1) is 9.71. The normalized spacial score (nSPS) is 15.9. The van der Waals surface area contributed by atoms with Crippen molar-refractivity contribution in [3.63, 3.8) is 0 Å². The van der Waals surface area contributed by atoms with Gasteiger partial charge in [-0.2, -0.15) is 0 Å². The van der Waals surface area contributed by atoms with Crippen LogP contribution in [0.3, 0.4) is 0 Å². The highest BCUT2D eigenvalue weighted by Crippen LogP contribution is 2.48. The molecule has 0 aromatic carbocycles. The van der Waals surface area contributed by atoms with Gasteiger partial charge in [0.2, 0.25) is 0 Å². The highest BCUT2D eigenvalue weighted by Gasteiger charge is 2.41. The zero-order valence-corrected chi connectivity index (χ0v) is 12.5. The maximum atomic E-state index is 5.18. The van der Waals surface area contributed by atoms with Crippen LogP contribution in [0.1, 0.15) is 25.1 Å². The molecule has 20 heavy (non-hydrogen) atoms. The van der Waals surface area contributed by atoms with E-state index < -0.39 is 0 Å². The first kappa shape index (κ1) is 15.0. The van der Waals surface area contributed by atoms with Gasteiger partial charge >= 0.3 is 0 Å². The van der Waals surface area contributed by atoms with Gasteiger partial charge in [0, 0.05) is 40.5 Å². The van der Waals surface area contributed by atoms with E-state index in [4.69, 9.17) is 9.47 Å². The fourth-order valence-electron chi connectivity index (χ4n) is 2.20. The molecule has 1 heterocycles. The van der Waals surface area contributed by atoms with Crippen molar-refractivity contribution in [1.29, 1.82) is 0 Å². The van der Waals surface area contributed by atoms with Crippen LogP contribution in [0.25, 0.3) is 0 Å². The lowest BCUT2D eigenvalue weighted by molar-refractivity contribution is 0.174. The van der Waals surface area contributed by atoms with Gasteiger partial charge in [0.25, 0.3) is 0 Å². The third kappa shape index (κ3) is 4.05. The number of ether oxygens (including phenoxy) is 2. The minimum atomic E-state index is 0.391. The van der Waals surface area contributed by atoms with Crippen LogP contribution in [0.4, 0.5) is 11.6 Å². The predicted octanol–water partition coefficient (Wildman–Crippen LogP) is 1.89. The summed E-state index contributed by atoms with van der Waals surface area (Å²) in [6.45, 7) is 2.17. The van der Waals surface area contributed by atoms with Crippen LogP contribution < -0.4 is 10.6 Å². The van der Waals surface area contributed by atoms with Crippen LogP contribution in [0, 0.1) is 5.41 Å². The lowest BCUT2D eigenvalue weighted by Gasteiger charge is -2.16. The second-order valence-corrected chi connectivity index (χ2v) is 5.33. The molecule has 0 radical (unpaired) electrons. The SMILES string of the molecule is CNc1cc(NCC2(CCOC)CC2)nc(COC)n1. The Hall–Kier alpha value is -1.40. The third-order valence-corrected chi connectivity index (χ3v) is 3.74. The number of rotatable bonds is 9. The molecule has 2 rings (SSSR count). The Morgan fingerprint density at radius 3 is 2.55 bits per heavy atom. The van der Waals surface area contributed by atoms with Crippen molar-refractivity contribution >= 4 is 11.6 Å². The zero-order chi connectivity index (χ0) is 14.4. The Labute approximate surface area is 120 Å². The number of nitrogens with one attached hydrogen (secondary N) is 2. The second kappa shape index (κ2) is 6.85. The van der Waals surface area contributed by atoms with Crippen molar-refractivity contribution < 1.29 is 9.47 Å². The molecule has 0 spiro atoms. The summed E-state index contributed by atoms with van der Waals surface area (Å²) in [6.07, 6.45) is 3.63. The molecule has 1 fully saturated rings. The van der Waals surface area contributed by atoms with Crippen molar-refractivity contribution in [3.8, 4) is 0 Å². The Kier molecular flexibility index (Phi) is 5.14. The van der Waals surface area contributed by atoms with E-state index in [0.717, 1.165) is 31.2 Å². The fourth-order valence-corrected chi connectivity index (χ4v) is 2.20. The van der Waals surface area contributed by atoms with E-state index in [9.17, 15) is 0 Å². The minimum Gasteiger partial charge on any atom is -0.385 e. The monoisotopic (exact) mass is 280 g/mol. The smallest absolute Gasteiger partial charge is 0.158 e. The number of hydrogen-bond acceptors (Lipinski definition) is 6. The number of hydrogen-bond donors (Lipinski definition) is 2. The van der Waals surface area contributed by atoms with Crippen LogP contribution in [0.5, 0.6) is 0 Å². The molecule has 1 aromatic heterocycles. The standard InChI is InChI=1S/C14H24N4O2/c1-15-11-8-12(18-13(17-11)9-20-3)16-10-14(4-5-14)6-7-19-2/h8H,4-7,9-10H2,1-3H3,(H2,15,16,17,18). The molecule has 0 unspecified atom stereocenters. The van der Waals surface area contributed by atoms with Crippen molar-refractivity contribution in [2.45, 2.75) is 25.9 Å². The van der Waals surface area contributed by atoms with E-state index in [-0.39, 0.29) is 0 Å². The molecule has 2 N–H and O–H groups in total. The largest absolute Gasteiger partial charge is 0.385 e. The quantitative estimate of drug-likeness (QED) is 0.720. The van der Waals surface area contributed by atoms with Gasteiger partial charge in [-0.1, -0.05) is 0 Å². The van der Waals surface area contributed by atoms with Gasteiger partial charge in [0.05, 0.1) is 0 Å². The van der Waals surface area contributed by atoms with Crippen molar-refractivity contribution in [1.82, 2.24) is 9.97 Å². The summed E-state index contributed by atoms with van der Waals surface area (Å²) in [5, 5.41) is 6.47. The Morgan fingerprint density at radius 1 is 1.20 bits per heavy atom. The molecule has 1 saturated carbocycles. The molecule has 0 aliphatic heterocycles. The summed E-state index contributed by atoms with van der Waals surface area (Å²) < 4.78 is 10.3. The molecule has 6 nitrogen and oxygen atoms in total. The lowest BCUT2D eigenvalue weighted by atomic mass is 10.0. The van der Waals surface area contributed by atoms with Crippen LogP contribution in [0.2, 0.25) is 0 Å². The lowest BCUT2D eigenvalue weighted by Crippen LogP contribution is -2.18. The molecule has 0 bridgehead atoms. The molecule has 1 aliphatic carbocycles. The van der Waals surface area contributed by atoms with E-state index in [1.807, 2.05) is 13.1 Å². The molecule has 112 valence electrons. The molecule has 0 saturated heterocycles. The summed E-state index contributed by atoms with van der Waals surface area (Å²) in [5.41, 5.74) is 0.391. The van der Waals surface area contributed by atoms with Crippen LogP contribution in [-0.2, 0) is 16.1 Å². The molecular formula is C14H24N4O2. The second-order valence-electron chi connectivity index (χ2n) is 5.33. The molecular weight excluding hydrogens is 256 g/mol. The number of anilines is 2. The predicted molar refractivity (Wildman–Crippen MR) is 78.9 cm³/mol. The average molecular weight is 280 g/mol. The van der Waals surface area contributed by atoms with E-state index in [1.54, 1.807) is 14.2 Å². The van der Waals surface area contributed by atoms with E-state index in [1.165, 1.54) is 12.8 Å².